The Morgan fingerprint density at radius 3 is 2.00 bits per heavy atom. The SMILES string of the molecule is C#CCC(C=O)(CC#C)C(=O)O. The highest BCUT2D eigenvalue weighted by Crippen LogP contribution is 2.23. The Morgan fingerprint density at radius 1 is 1.42 bits per heavy atom. The van der Waals surface area contributed by atoms with Crippen molar-refractivity contribution in [1.82, 2.24) is 0 Å². The van der Waals surface area contributed by atoms with E-state index in [0.717, 1.165) is 0 Å². The summed E-state index contributed by atoms with van der Waals surface area (Å²) in [6.45, 7) is 0. The summed E-state index contributed by atoms with van der Waals surface area (Å²) in [6.07, 6.45) is 9.79. The molecule has 0 saturated carbocycles. The van der Waals surface area contributed by atoms with Gasteiger partial charge in [-0.15, -0.1) is 24.7 Å². The smallest absolute Gasteiger partial charge is 0.318 e. The van der Waals surface area contributed by atoms with Crippen molar-refractivity contribution in [3.63, 3.8) is 0 Å². The zero-order valence-corrected chi connectivity index (χ0v) is 6.41. The zero-order chi connectivity index (χ0) is 9.61. The Kier molecular flexibility index (Phi) is 3.59. The fraction of sp³-hybridized carbons (Fsp3) is 0.333. The molecular formula is C9H8O3. The number of carbonyl (C=O) groups is 2. The van der Waals surface area contributed by atoms with Crippen LogP contribution in [-0.2, 0) is 9.59 Å². The Morgan fingerprint density at radius 2 is 1.83 bits per heavy atom. The van der Waals surface area contributed by atoms with Crippen LogP contribution in [-0.4, -0.2) is 17.4 Å². The maximum absolute atomic E-state index is 10.6. The number of aliphatic carboxylic acids is 1. The summed E-state index contributed by atoms with van der Waals surface area (Å²) in [5.74, 6) is 2.97. The molecule has 0 aliphatic carbocycles. The van der Waals surface area contributed by atoms with E-state index in [1.807, 2.05) is 0 Å². The van der Waals surface area contributed by atoms with Crippen molar-refractivity contribution in [3.8, 4) is 24.7 Å². The van der Waals surface area contributed by atoms with E-state index in [0.29, 0.717) is 6.29 Å². The number of terminal acetylenes is 2. The molecule has 0 bridgehead atoms. The van der Waals surface area contributed by atoms with Crippen molar-refractivity contribution in [1.29, 1.82) is 0 Å². The summed E-state index contributed by atoms with van der Waals surface area (Å²) in [5.41, 5.74) is -1.59. The van der Waals surface area contributed by atoms with E-state index in [4.69, 9.17) is 18.0 Å². The topological polar surface area (TPSA) is 54.4 Å². The van der Waals surface area contributed by atoms with Gasteiger partial charge in [-0.2, -0.15) is 0 Å². The van der Waals surface area contributed by atoms with Gasteiger partial charge >= 0.3 is 5.97 Å². The van der Waals surface area contributed by atoms with Crippen LogP contribution in [0.2, 0.25) is 0 Å². The number of carbonyl (C=O) groups excluding carboxylic acids is 1. The van der Waals surface area contributed by atoms with Crippen LogP contribution >= 0.6 is 0 Å². The minimum Gasteiger partial charge on any atom is -0.480 e. The highest BCUT2D eigenvalue weighted by atomic mass is 16.4. The van der Waals surface area contributed by atoms with Gasteiger partial charge in [-0.1, -0.05) is 0 Å². The second-order valence-electron chi connectivity index (χ2n) is 2.34. The summed E-state index contributed by atoms with van der Waals surface area (Å²) in [6, 6.07) is 0. The monoisotopic (exact) mass is 164 g/mol. The number of carboxylic acids is 1. The second kappa shape index (κ2) is 4.20. The maximum atomic E-state index is 10.6. The van der Waals surface area contributed by atoms with Crippen molar-refractivity contribution in [2.75, 3.05) is 0 Å². The minimum atomic E-state index is -1.59. The molecule has 0 fully saturated rings. The third kappa shape index (κ3) is 1.87. The van der Waals surface area contributed by atoms with Gasteiger partial charge in [0.05, 0.1) is 0 Å². The molecule has 3 nitrogen and oxygen atoms in total. The number of hydrogen-bond donors (Lipinski definition) is 1. The van der Waals surface area contributed by atoms with Gasteiger partial charge in [0.15, 0.2) is 0 Å². The lowest BCUT2D eigenvalue weighted by atomic mass is 9.83. The lowest BCUT2D eigenvalue weighted by Gasteiger charge is -2.16. The highest BCUT2D eigenvalue weighted by Gasteiger charge is 2.36. The van der Waals surface area contributed by atoms with Crippen molar-refractivity contribution >= 4 is 12.3 Å². The van der Waals surface area contributed by atoms with Crippen molar-refractivity contribution in [2.24, 2.45) is 5.41 Å². The van der Waals surface area contributed by atoms with E-state index in [2.05, 4.69) is 11.8 Å². The minimum absolute atomic E-state index is 0.171. The van der Waals surface area contributed by atoms with Crippen LogP contribution in [0.15, 0.2) is 0 Å². The molecule has 12 heavy (non-hydrogen) atoms. The van der Waals surface area contributed by atoms with Gasteiger partial charge in [0.2, 0.25) is 0 Å². The van der Waals surface area contributed by atoms with Crippen LogP contribution in [0.4, 0.5) is 0 Å². The van der Waals surface area contributed by atoms with Gasteiger partial charge in [-0.25, -0.2) is 0 Å². The van der Waals surface area contributed by atoms with E-state index in [-0.39, 0.29) is 12.8 Å². The highest BCUT2D eigenvalue weighted by molar-refractivity contribution is 5.92. The van der Waals surface area contributed by atoms with E-state index >= 15 is 0 Å². The molecule has 0 aliphatic heterocycles. The van der Waals surface area contributed by atoms with Crippen LogP contribution < -0.4 is 0 Å². The van der Waals surface area contributed by atoms with Gasteiger partial charge in [-0.05, 0) is 0 Å². The molecule has 0 unspecified atom stereocenters. The summed E-state index contributed by atoms with van der Waals surface area (Å²) in [7, 11) is 0. The fourth-order valence-corrected chi connectivity index (χ4v) is 0.712. The Balaban J connectivity index is 4.80. The van der Waals surface area contributed by atoms with Crippen LogP contribution in [0.5, 0.6) is 0 Å². The molecule has 0 aromatic carbocycles. The molecule has 0 radical (unpaired) electrons. The Labute approximate surface area is 70.8 Å². The molecule has 62 valence electrons. The number of aldehydes is 1. The largest absolute Gasteiger partial charge is 0.480 e. The van der Waals surface area contributed by atoms with Gasteiger partial charge in [-0.3, -0.25) is 4.79 Å². The molecule has 0 rings (SSSR count). The van der Waals surface area contributed by atoms with Crippen LogP contribution in [0.3, 0.4) is 0 Å². The molecule has 0 amide bonds. The maximum Gasteiger partial charge on any atom is 0.318 e. The molecule has 0 aromatic heterocycles. The third-order valence-corrected chi connectivity index (χ3v) is 1.49. The van der Waals surface area contributed by atoms with Crippen LogP contribution in [0.1, 0.15) is 12.8 Å². The molecule has 0 saturated heterocycles. The predicted molar refractivity (Wildman–Crippen MR) is 43.0 cm³/mol. The molecule has 0 heterocycles. The number of carboxylic acid groups (broad SMARTS) is 1. The van der Waals surface area contributed by atoms with Gasteiger partial charge in [0, 0.05) is 12.8 Å². The summed E-state index contributed by atoms with van der Waals surface area (Å²) < 4.78 is 0. The number of hydrogen-bond acceptors (Lipinski definition) is 2. The lowest BCUT2D eigenvalue weighted by molar-refractivity contribution is -0.150. The van der Waals surface area contributed by atoms with E-state index < -0.39 is 11.4 Å². The quantitative estimate of drug-likeness (QED) is 0.369. The second-order valence-corrected chi connectivity index (χ2v) is 2.34. The van der Waals surface area contributed by atoms with Crippen LogP contribution in [0, 0.1) is 30.1 Å². The summed E-state index contributed by atoms with van der Waals surface area (Å²) >= 11 is 0. The molecule has 0 aliphatic rings. The van der Waals surface area contributed by atoms with Gasteiger partial charge in [0.1, 0.15) is 11.7 Å². The van der Waals surface area contributed by atoms with E-state index in [1.165, 1.54) is 0 Å². The first-order valence-electron chi connectivity index (χ1n) is 3.19. The van der Waals surface area contributed by atoms with E-state index in [9.17, 15) is 9.59 Å². The zero-order valence-electron chi connectivity index (χ0n) is 6.41. The average Bonchev–Trinajstić information content (AvgIpc) is 2.03. The van der Waals surface area contributed by atoms with Crippen molar-refractivity contribution < 1.29 is 14.7 Å². The van der Waals surface area contributed by atoms with Gasteiger partial charge < -0.3 is 9.90 Å². The predicted octanol–water partition coefficient (Wildman–Crippen LogP) is 0.303. The molecular weight excluding hydrogens is 156 g/mol. The molecule has 0 spiro atoms. The number of rotatable bonds is 4. The normalized spacial score (nSPS) is 9.50. The molecule has 0 atom stereocenters. The van der Waals surface area contributed by atoms with E-state index in [1.54, 1.807) is 0 Å². The fourth-order valence-electron chi connectivity index (χ4n) is 0.712. The first kappa shape index (κ1) is 10.3. The Bertz CT molecular complexity index is 248. The van der Waals surface area contributed by atoms with Crippen molar-refractivity contribution in [3.05, 3.63) is 0 Å². The van der Waals surface area contributed by atoms with Crippen LogP contribution in [0.25, 0.3) is 0 Å². The van der Waals surface area contributed by atoms with Crippen molar-refractivity contribution in [2.45, 2.75) is 12.8 Å². The first-order chi connectivity index (χ1) is 5.63. The molecule has 3 heteroatoms. The average molecular weight is 164 g/mol. The standard InChI is InChI=1S/C9H8O3/c1-3-5-9(7-10,6-4-2)8(11)12/h1-2,7H,5-6H2,(H,11,12). The first-order valence-corrected chi connectivity index (χ1v) is 3.19. The third-order valence-electron chi connectivity index (χ3n) is 1.49. The Hall–Kier alpha value is -1.74. The summed E-state index contributed by atoms with van der Waals surface area (Å²) in [5, 5.41) is 8.66. The van der Waals surface area contributed by atoms with Gasteiger partial charge in [0.25, 0.3) is 0 Å². The summed E-state index contributed by atoms with van der Waals surface area (Å²) in [4.78, 5) is 21.1. The molecule has 1 N–H and O–H groups in total. The lowest BCUT2D eigenvalue weighted by Crippen LogP contribution is -2.31. The molecule has 0 aromatic rings.